The largest absolute Gasteiger partial charge is 0.465 e. The number of carbonyl (C=O) groups excluding carboxylic acids is 1. The van der Waals surface area contributed by atoms with Gasteiger partial charge < -0.3 is 14.5 Å². The van der Waals surface area contributed by atoms with Crippen LogP contribution in [-0.2, 0) is 35.7 Å². The molecule has 1 amide bonds. The molecule has 2 aromatic rings. The molecule has 0 atom stereocenters. The minimum absolute atomic E-state index is 0.0136. The smallest absolute Gasteiger partial charge is 0.253 e. The van der Waals surface area contributed by atoms with Crippen LogP contribution in [0.1, 0.15) is 29.5 Å². The van der Waals surface area contributed by atoms with E-state index in [1.54, 1.807) is 4.57 Å². The minimum atomic E-state index is -0.237. The number of hydrogen-bond donors (Lipinski definition) is 1. The lowest BCUT2D eigenvalue weighted by Gasteiger charge is -2.18. The van der Waals surface area contributed by atoms with Crippen LogP contribution in [0.15, 0.2) is 27.4 Å². The van der Waals surface area contributed by atoms with Crippen molar-refractivity contribution in [3.63, 3.8) is 0 Å². The first kappa shape index (κ1) is 18.3. The van der Waals surface area contributed by atoms with Crippen molar-refractivity contribution in [1.82, 2.24) is 19.8 Å². The lowest BCUT2D eigenvalue weighted by molar-refractivity contribution is -0.124. The van der Waals surface area contributed by atoms with Crippen LogP contribution in [0.4, 0.5) is 0 Å². The molecule has 0 spiro atoms. The van der Waals surface area contributed by atoms with Gasteiger partial charge in [-0.05, 0) is 25.5 Å². The van der Waals surface area contributed by atoms with Gasteiger partial charge in [-0.3, -0.25) is 19.1 Å². The average Bonchev–Trinajstić information content (AvgIpc) is 2.88. The lowest BCUT2D eigenvalue weighted by atomic mass is 10.3. The number of furan rings is 1. The Kier molecular flexibility index (Phi) is 5.85. The molecule has 0 aromatic carbocycles. The third-order valence-corrected chi connectivity index (χ3v) is 4.28. The van der Waals surface area contributed by atoms with Gasteiger partial charge in [0.15, 0.2) is 0 Å². The number of hydrogen-bond acceptors (Lipinski definition) is 6. The number of methoxy groups -OCH3 is 1. The van der Waals surface area contributed by atoms with Crippen molar-refractivity contribution in [3.8, 4) is 0 Å². The van der Waals surface area contributed by atoms with Crippen LogP contribution < -0.4 is 10.9 Å². The molecule has 1 N–H and O–H groups in total. The van der Waals surface area contributed by atoms with Crippen LogP contribution in [0, 0.1) is 6.92 Å². The molecule has 8 nitrogen and oxygen atoms in total. The summed E-state index contributed by atoms with van der Waals surface area (Å²) < 4.78 is 12.2. The number of aryl methyl sites for hydroxylation is 1. The molecule has 0 unspecified atom stereocenters. The molecule has 26 heavy (non-hydrogen) atoms. The summed E-state index contributed by atoms with van der Waals surface area (Å²) in [4.78, 5) is 30.8. The minimum Gasteiger partial charge on any atom is -0.465 e. The zero-order valence-electron chi connectivity index (χ0n) is 15.2. The van der Waals surface area contributed by atoms with Crippen LogP contribution in [0.3, 0.4) is 0 Å². The van der Waals surface area contributed by atoms with Gasteiger partial charge in [-0.25, -0.2) is 4.98 Å². The fraction of sp³-hybridized carbons (Fsp3) is 0.500. The summed E-state index contributed by atoms with van der Waals surface area (Å²) in [5.74, 6) is 2.27. The molecule has 8 heteroatoms. The number of aromatic nitrogens is 2. The fourth-order valence-corrected chi connectivity index (χ4v) is 3.08. The third kappa shape index (κ3) is 4.59. The zero-order valence-corrected chi connectivity index (χ0v) is 15.2. The van der Waals surface area contributed by atoms with Gasteiger partial charge in [0, 0.05) is 26.3 Å². The van der Waals surface area contributed by atoms with Gasteiger partial charge in [0.2, 0.25) is 5.91 Å². The molecule has 1 aliphatic rings. The van der Waals surface area contributed by atoms with Crippen molar-refractivity contribution in [1.29, 1.82) is 0 Å². The van der Waals surface area contributed by atoms with Gasteiger partial charge in [0.25, 0.3) is 5.56 Å². The molecular formula is C18H24N4O4. The van der Waals surface area contributed by atoms with E-state index in [9.17, 15) is 9.59 Å². The normalized spacial score (nSPS) is 14.7. The van der Waals surface area contributed by atoms with Crippen LogP contribution in [0.5, 0.6) is 0 Å². The van der Waals surface area contributed by atoms with E-state index < -0.39 is 0 Å². The first-order valence-electron chi connectivity index (χ1n) is 8.68. The van der Waals surface area contributed by atoms with E-state index in [4.69, 9.17) is 9.15 Å². The standard InChI is InChI=1S/C18H24N4O4/c1-13-4-5-15(26-13)10-21-6-3-7-22-16(11-21)20-14(8-18(22)24)9-19-17(23)12-25-2/h4-5,8H,3,6-7,9-12H2,1-2H3,(H,19,23). The highest BCUT2D eigenvalue weighted by Crippen LogP contribution is 2.15. The fourth-order valence-electron chi connectivity index (χ4n) is 3.08. The highest BCUT2D eigenvalue weighted by Gasteiger charge is 2.18. The Hall–Kier alpha value is -2.45. The van der Waals surface area contributed by atoms with E-state index in [0.29, 0.717) is 31.2 Å². The summed E-state index contributed by atoms with van der Waals surface area (Å²) in [5, 5.41) is 2.70. The van der Waals surface area contributed by atoms with E-state index in [-0.39, 0.29) is 24.6 Å². The maximum Gasteiger partial charge on any atom is 0.253 e. The van der Waals surface area contributed by atoms with E-state index in [2.05, 4.69) is 15.2 Å². The van der Waals surface area contributed by atoms with Crippen LogP contribution in [0.25, 0.3) is 0 Å². The molecule has 0 fully saturated rings. The predicted octanol–water partition coefficient (Wildman–Crippen LogP) is 0.813. The monoisotopic (exact) mass is 360 g/mol. The topological polar surface area (TPSA) is 89.6 Å². The second kappa shape index (κ2) is 8.29. The summed E-state index contributed by atoms with van der Waals surface area (Å²) in [6, 6.07) is 5.41. The highest BCUT2D eigenvalue weighted by molar-refractivity contribution is 5.77. The number of amides is 1. The van der Waals surface area contributed by atoms with Gasteiger partial charge in [0.1, 0.15) is 24.0 Å². The molecule has 2 aromatic heterocycles. The van der Waals surface area contributed by atoms with Crippen LogP contribution >= 0.6 is 0 Å². The van der Waals surface area contributed by atoms with E-state index in [0.717, 1.165) is 24.5 Å². The summed E-state index contributed by atoms with van der Waals surface area (Å²) >= 11 is 0. The quantitative estimate of drug-likeness (QED) is 0.820. The summed E-state index contributed by atoms with van der Waals surface area (Å²) in [7, 11) is 1.46. The van der Waals surface area contributed by atoms with Gasteiger partial charge in [0.05, 0.1) is 25.3 Å². The van der Waals surface area contributed by atoms with Crippen LogP contribution in [-0.4, -0.2) is 40.6 Å². The van der Waals surface area contributed by atoms with Crippen molar-refractivity contribution >= 4 is 5.91 Å². The Morgan fingerprint density at radius 1 is 1.38 bits per heavy atom. The molecular weight excluding hydrogens is 336 g/mol. The second-order valence-electron chi connectivity index (χ2n) is 6.44. The number of rotatable bonds is 6. The Labute approximate surface area is 151 Å². The Morgan fingerprint density at radius 2 is 2.23 bits per heavy atom. The molecule has 0 bridgehead atoms. The van der Waals surface area contributed by atoms with Gasteiger partial charge in [-0.2, -0.15) is 0 Å². The SMILES string of the molecule is COCC(=O)NCc1cc(=O)n2c(n1)CN(Cc1ccc(C)o1)CCC2. The van der Waals surface area contributed by atoms with Crippen molar-refractivity contribution < 1.29 is 13.9 Å². The van der Waals surface area contributed by atoms with Crippen molar-refractivity contribution in [2.75, 3.05) is 20.3 Å². The number of fused-ring (bicyclic) bond motifs is 1. The number of ether oxygens (including phenoxy) is 1. The molecule has 140 valence electrons. The Bertz CT molecular complexity index is 827. The van der Waals surface area contributed by atoms with Crippen molar-refractivity contribution in [2.24, 2.45) is 0 Å². The molecule has 0 aliphatic carbocycles. The zero-order chi connectivity index (χ0) is 18.5. The maximum absolute atomic E-state index is 12.4. The Balaban J connectivity index is 1.73. The molecule has 0 saturated heterocycles. The predicted molar refractivity (Wildman–Crippen MR) is 94.4 cm³/mol. The first-order chi connectivity index (χ1) is 12.5. The second-order valence-corrected chi connectivity index (χ2v) is 6.44. The highest BCUT2D eigenvalue weighted by atomic mass is 16.5. The van der Waals surface area contributed by atoms with Crippen molar-refractivity contribution in [2.45, 2.75) is 39.5 Å². The van der Waals surface area contributed by atoms with Gasteiger partial charge in [-0.1, -0.05) is 0 Å². The molecule has 0 saturated carbocycles. The van der Waals surface area contributed by atoms with E-state index in [1.165, 1.54) is 13.2 Å². The number of nitrogens with one attached hydrogen (secondary N) is 1. The van der Waals surface area contributed by atoms with Crippen LogP contribution in [0.2, 0.25) is 0 Å². The summed E-state index contributed by atoms with van der Waals surface area (Å²) in [6.07, 6.45) is 0.873. The molecule has 3 rings (SSSR count). The average molecular weight is 360 g/mol. The molecule has 1 aliphatic heterocycles. The lowest BCUT2D eigenvalue weighted by Crippen LogP contribution is -2.31. The van der Waals surface area contributed by atoms with E-state index >= 15 is 0 Å². The van der Waals surface area contributed by atoms with Gasteiger partial charge >= 0.3 is 0 Å². The number of carbonyl (C=O) groups is 1. The Morgan fingerprint density at radius 3 is 2.96 bits per heavy atom. The maximum atomic E-state index is 12.4. The summed E-state index contributed by atoms with van der Waals surface area (Å²) in [5.41, 5.74) is 0.475. The van der Waals surface area contributed by atoms with Gasteiger partial charge in [-0.15, -0.1) is 0 Å². The van der Waals surface area contributed by atoms with Crippen molar-refractivity contribution in [3.05, 3.63) is 51.6 Å². The molecule has 0 radical (unpaired) electrons. The third-order valence-electron chi connectivity index (χ3n) is 4.28. The van der Waals surface area contributed by atoms with E-state index in [1.807, 2.05) is 19.1 Å². The molecule has 3 heterocycles. The summed E-state index contributed by atoms with van der Waals surface area (Å²) in [6.45, 7) is 4.87. The number of nitrogens with zero attached hydrogens (tertiary/aromatic N) is 3. The first-order valence-corrected chi connectivity index (χ1v) is 8.68.